The van der Waals surface area contributed by atoms with Gasteiger partial charge >= 0.3 is 0 Å². The summed E-state index contributed by atoms with van der Waals surface area (Å²) in [7, 11) is 0. The largest absolute Gasteiger partial charge is 0.283 e. The zero-order chi connectivity index (χ0) is 15.5. The standard InChI is InChI=1S/C16H10Cl2N2OS/c17-11-7-5-10(6-8-11)9-19-20-16(21)15-14(18)12-3-1-2-4-13(12)22-15/h1-9H,(H,20,21). The summed E-state index contributed by atoms with van der Waals surface area (Å²) < 4.78 is 0.972. The molecule has 0 saturated carbocycles. The zero-order valence-corrected chi connectivity index (χ0v) is 13.5. The van der Waals surface area contributed by atoms with E-state index in [2.05, 4.69) is 10.5 Å². The van der Waals surface area contributed by atoms with Gasteiger partial charge in [-0.05, 0) is 23.8 Å². The van der Waals surface area contributed by atoms with Crippen molar-refractivity contribution in [1.29, 1.82) is 0 Å². The van der Waals surface area contributed by atoms with E-state index in [4.69, 9.17) is 23.2 Å². The van der Waals surface area contributed by atoms with Gasteiger partial charge in [0, 0.05) is 15.1 Å². The van der Waals surface area contributed by atoms with E-state index in [-0.39, 0.29) is 5.91 Å². The van der Waals surface area contributed by atoms with Gasteiger partial charge in [0.25, 0.3) is 5.91 Å². The molecule has 0 unspecified atom stereocenters. The molecule has 1 aromatic heterocycles. The number of benzene rings is 2. The summed E-state index contributed by atoms with van der Waals surface area (Å²) in [5.74, 6) is -0.323. The quantitative estimate of drug-likeness (QED) is 0.526. The van der Waals surface area contributed by atoms with Crippen LogP contribution >= 0.6 is 34.5 Å². The van der Waals surface area contributed by atoms with Crippen molar-refractivity contribution in [2.75, 3.05) is 0 Å². The van der Waals surface area contributed by atoms with Crippen molar-refractivity contribution >= 4 is 56.7 Å². The predicted molar refractivity (Wildman–Crippen MR) is 93.3 cm³/mol. The van der Waals surface area contributed by atoms with E-state index in [1.807, 2.05) is 36.4 Å². The number of amides is 1. The van der Waals surface area contributed by atoms with Gasteiger partial charge in [0.15, 0.2) is 0 Å². The average Bonchev–Trinajstić information content (AvgIpc) is 2.87. The number of rotatable bonds is 3. The molecule has 0 aliphatic carbocycles. The number of hydrogen-bond acceptors (Lipinski definition) is 3. The third-order valence-electron chi connectivity index (χ3n) is 2.99. The Morgan fingerprint density at radius 2 is 1.82 bits per heavy atom. The molecule has 1 amide bonds. The van der Waals surface area contributed by atoms with Crippen LogP contribution in [0.15, 0.2) is 53.6 Å². The number of hydrogen-bond donors (Lipinski definition) is 1. The lowest BCUT2D eigenvalue weighted by Crippen LogP contribution is -2.16. The van der Waals surface area contributed by atoms with Crippen molar-refractivity contribution in [3.8, 4) is 0 Å². The second-order valence-electron chi connectivity index (χ2n) is 4.49. The Kier molecular flexibility index (Phi) is 4.43. The van der Waals surface area contributed by atoms with Crippen LogP contribution in [0.3, 0.4) is 0 Å². The maximum Gasteiger partial charge on any atom is 0.283 e. The summed E-state index contributed by atoms with van der Waals surface area (Å²) in [5.41, 5.74) is 3.33. The molecule has 0 fully saturated rings. The Bertz CT molecular complexity index is 856. The second-order valence-corrected chi connectivity index (χ2v) is 6.36. The highest BCUT2D eigenvalue weighted by Crippen LogP contribution is 2.34. The molecule has 6 heteroatoms. The van der Waals surface area contributed by atoms with Crippen LogP contribution in [0.4, 0.5) is 0 Å². The minimum absolute atomic E-state index is 0.323. The Morgan fingerprint density at radius 1 is 1.09 bits per heavy atom. The summed E-state index contributed by atoms with van der Waals surface area (Å²) in [4.78, 5) is 12.6. The van der Waals surface area contributed by atoms with E-state index in [1.54, 1.807) is 18.3 Å². The van der Waals surface area contributed by atoms with Crippen molar-refractivity contribution in [2.24, 2.45) is 5.10 Å². The number of halogens is 2. The van der Waals surface area contributed by atoms with Gasteiger partial charge in [0.1, 0.15) is 4.88 Å². The molecule has 0 atom stereocenters. The van der Waals surface area contributed by atoms with Crippen molar-refractivity contribution < 1.29 is 4.79 Å². The zero-order valence-electron chi connectivity index (χ0n) is 11.2. The highest BCUT2D eigenvalue weighted by molar-refractivity contribution is 7.21. The smallest absolute Gasteiger partial charge is 0.266 e. The molecule has 2 aromatic carbocycles. The normalized spacial score (nSPS) is 11.2. The monoisotopic (exact) mass is 348 g/mol. The lowest BCUT2D eigenvalue weighted by molar-refractivity contribution is 0.0959. The molecule has 1 heterocycles. The van der Waals surface area contributed by atoms with Crippen LogP contribution < -0.4 is 5.43 Å². The van der Waals surface area contributed by atoms with Crippen LogP contribution in [-0.4, -0.2) is 12.1 Å². The molecular weight excluding hydrogens is 339 g/mol. The summed E-state index contributed by atoms with van der Waals surface area (Å²) in [6.45, 7) is 0. The molecule has 0 radical (unpaired) electrons. The summed E-state index contributed by atoms with van der Waals surface area (Å²) in [6.07, 6.45) is 1.55. The van der Waals surface area contributed by atoms with Crippen LogP contribution in [0.25, 0.3) is 10.1 Å². The molecule has 0 aliphatic rings. The van der Waals surface area contributed by atoms with Gasteiger partial charge in [-0.2, -0.15) is 5.10 Å². The van der Waals surface area contributed by atoms with E-state index >= 15 is 0 Å². The highest BCUT2D eigenvalue weighted by atomic mass is 35.5. The van der Waals surface area contributed by atoms with E-state index in [0.29, 0.717) is 14.9 Å². The van der Waals surface area contributed by atoms with E-state index in [1.165, 1.54) is 11.3 Å². The Hall–Kier alpha value is -1.88. The van der Waals surface area contributed by atoms with E-state index in [0.717, 1.165) is 15.6 Å². The molecule has 3 rings (SSSR count). The second kappa shape index (κ2) is 6.48. The third kappa shape index (κ3) is 3.14. The Labute approximate surface area is 141 Å². The number of carbonyl (C=O) groups excluding carboxylic acids is 1. The van der Waals surface area contributed by atoms with Gasteiger partial charge in [0.05, 0.1) is 11.2 Å². The first-order chi connectivity index (χ1) is 10.6. The molecule has 0 bridgehead atoms. The van der Waals surface area contributed by atoms with Crippen LogP contribution in [0.5, 0.6) is 0 Å². The first-order valence-corrected chi connectivity index (χ1v) is 7.98. The lowest BCUT2D eigenvalue weighted by Gasteiger charge is -1.97. The van der Waals surface area contributed by atoms with Gasteiger partial charge in [-0.1, -0.05) is 53.5 Å². The molecule has 0 saturated heterocycles. The molecule has 3 aromatic rings. The van der Waals surface area contributed by atoms with Crippen molar-refractivity contribution in [1.82, 2.24) is 5.43 Å². The Morgan fingerprint density at radius 3 is 2.55 bits per heavy atom. The van der Waals surface area contributed by atoms with E-state index in [9.17, 15) is 4.79 Å². The SMILES string of the molecule is O=C(NN=Cc1ccc(Cl)cc1)c1sc2ccccc2c1Cl. The van der Waals surface area contributed by atoms with Crippen LogP contribution in [0.1, 0.15) is 15.2 Å². The number of nitrogens with one attached hydrogen (secondary N) is 1. The minimum atomic E-state index is -0.323. The van der Waals surface area contributed by atoms with Crippen LogP contribution in [-0.2, 0) is 0 Å². The molecule has 1 N–H and O–H groups in total. The number of thiophene rings is 1. The van der Waals surface area contributed by atoms with Crippen molar-refractivity contribution in [3.63, 3.8) is 0 Å². The molecule has 22 heavy (non-hydrogen) atoms. The minimum Gasteiger partial charge on any atom is -0.266 e. The lowest BCUT2D eigenvalue weighted by atomic mass is 10.2. The molecule has 0 spiro atoms. The van der Waals surface area contributed by atoms with Crippen molar-refractivity contribution in [3.05, 3.63) is 69.0 Å². The van der Waals surface area contributed by atoms with Crippen LogP contribution in [0, 0.1) is 0 Å². The van der Waals surface area contributed by atoms with Crippen LogP contribution in [0.2, 0.25) is 10.0 Å². The summed E-state index contributed by atoms with van der Waals surface area (Å²) in [6, 6.07) is 14.8. The fourth-order valence-corrected chi connectivity index (χ4v) is 3.46. The van der Waals surface area contributed by atoms with E-state index < -0.39 is 0 Å². The molecule has 0 aliphatic heterocycles. The van der Waals surface area contributed by atoms with Crippen molar-refractivity contribution in [2.45, 2.75) is 0 Å². The average molecular weight is 349 g/mol. The fourth-order valence-electron chi connectivity index (χ4n) is 1.93. The van der Waals surface area contributed by atoms with Gasteiger partial charge in [0.2, 0.25) is 0 Å². The fraction of sp³-hybridized carbons (Fsp3) is 0. The third-order valence-corrected chi connectivity index (χ3v) is 4.92. The number of hydrazone groups is 1. The first-order valence-electron chi connectivity index (χ1n) is 6.41. The summed E-state index contributed by atoms with van der Waals surface area (Å²) >= 11 is 13.4. The maximum atomic E-state index is 12.2. The first kappa shape index (κ1) is 15.0. The number of nitrogens with zero attached hydrogens (tertiary/aromatic N) is 1. The van der Waals surface area contributed by atoms with Gasteiger partial charge in [-0.25, -0.2) is 5.43 Å². The molecular formula is C16H10Cl2N2OS. The maximum absolute atomic E-state index is 12.2. The predicted octanol–water partition coefficient (Wildman–Crippen LogP) is 4.97. The molecule has 110 valence electrons. The molecule has 3 nitrogen and oxygen atoms in total. The number of carbonyl (C=O) groups is 1. The highest BCUT2D eigenvalue weighted by Gasteiger charge is 2.16. The number of fused-ring (bicyclic) bond motifs is 1. The Balaban J connectivity index is 1.76. The van der Waals surface area contributed by atoms with Gasteiger partial charge in [-0.3, -0.25) is 4.79 Å². The summed E-state index contributed by atoms with van der Waals surface area (Å²) in [5, 5.41) is 5.92. The topological polar surface area (TPSA) is 41.5 Å². The van der Waals surface area contributed by atoms with Gasteiger partial charge in [-0.15, -0.1) is 11.3 Å². The van der Waals surface area contributed by atoms with Gasteiger partial charge < -0.3 is 0 Å².